The van der Waals surface area contributed by atoms with Crippen LogP contribution in [0.3, 0.4) is 0 Å². The van der Waals surface area contributed by atoms with Crippen molar-refractivity contribution in [3.8, 4) is 5.75 Å². The van der Waals surface area contributed by atoms with Gasteiger partial charge in [0.2, 0.25) is 16.0 Å². The molecule has 11 heteroatoms. The smallest absolute Gasteiger partial charge is 0.297 e. The summed E-state index contributed by atoms with van der Waals surface area (Å²) in [7, 11) is -6.18. The van der Waals surface area contributed by atoms with E-state index in [9.17, 15) is 16.8 Å². The molecule has 32 heavy (non-hydrogen) atoms. The molecule has 0 unspecified atom stereocenters. The highest BCUT2D eigenvalue weighted by molar-refractivity contribution is 7.92. The Kier molecular flexibility index (Phi) is 7.12. The summed E-state index contributed by atoms with van der Waals surface area (Å²) in [6.07, 6.45) is 2.40. The molecule has 0 atom stereocenters. The molecule has 3 aromatic rings. The molecule has 0 saturated carbocycles. The van der Waals surface area contributed by atoms with Crippen molar-refractivity contribution < 1.29 is 25.8 Å². The summed E-state index contributed by atoms with van der Waals surface area (Å²) in [6, 6.07) is 14.6. The van der Waals surface area contributed by atoms with E-state index >= 15 is 0 Å². The van der Waals surface area contributed by atoms with Crippen LogP contribution < -0.4 is 9.04 Å². The minimum atomic E-state index is -4.00. The first-order chi connectivity index (χ1) is 15.1. The number of benzene rings is 2. The number of aromatic nitrogens is 2. The lowest BCUT2D eigenvalue weighted by Gasteiger charge is -2.20. The van der Waals surface area contributed by atoms with E-state index in [4.69, 9.17) is 8.92 Å². The number of nitrogens with zero attached hydrogens (tertiary/aromatic N) is 3. The highest BCUT2D eigenvalue weighted by Crippen LogP contribution is 2.20. The van der Waals surface area contributed by atoms with Crippen LogP contribution >= 0.6 is 0 Å². The second-order valence-electron chi connectivity index (χ2n) is 7.00. The molecule has 0 N–H and O–H groups in total. The Morgan fingerprint density at radius 3 is 2.19 bits per heavy atom. The first-order valence-corrected chi connectivity index (χ1v) is 12.7. The molecule has 0 saturated heterocycles. The lowest BCUT2D eigenvalue weighted by Crippen LogP contribution is -2.31. The van der Waals surface area contributed by atoms with Gasteiger partial charge >= 0.3 is 0 Å². The van der Waals surface area contributed by atoms with Crippen LogP contribution in [-0.2, 0) is 37.5 Å². The largest absolute Gasteiger partial charge is 0.497 e. The molecule has 0 amide bonds. The van der Waals surface area contributed by atoms with Gasteiger partial charge in [0.1, 0.15) is 12.4 Å². The van der Waals surface area contributed by atoms with Gasteiger partial charge in [-0.2, -0.15) is 8.42 Å². The zero-order valence-electron chi connectivity index (χ0n) is 17.8. The van der Waals surface area contributed by atoms with Crippen molar-refractivity contribution in [3.05, 3.63) is 77.6 Å². The van der Waals surface area contributed by atoms with Crippen LogP contribution in [0.25, 0.3) is 0 Å². The summed E-state index contributed by atoms with van der Waals surface area (Å²) < 4.78 is 60.9. The summed E-state index contributed by atoms with van der Waals surface area (Å²) in [6.45, 7) is 1.47. The highest BCUT2D eigenvalue weighted by atomic mass is 32.2. The highest BCUT2D eigenvalue weighted by Gasteiger charge is 2.22. The summed E-state index contributed by atoms with van der Waals surface area (Å²) in [5.41, 5.74) is 1.83. The second-order valence-corrected chi connectivity index (χ2v) is 10.5. The van der Waals surface area contributed by atoms with Gasteiger partial charge in [0, 0.05) is 6.20 Å². The van der Waals surface area contributed by atoms with Crippen molar-refractivity contribution in [1.82, 2.24) is 9.97 Å². The van der Waals surface area contributed by atoms with Crippen LogP contribution in [0.1, 0.15) is 16.8 Å². The minimum Gasteiger partial charge on any atom is -0.497 e. The first kappa shape index (κ1) is 23.6. The van der Waals surface area contributed by atoms with Crippen molar-refractivity contribution in [2.75, 3.05) is 17.7 Å². The number of hydrogen-bond acceptors (Lipinski definition) is 8. The zero-order valence-corrected chi connectivity index (χ0v) is 19.4. The molecular weight excluding hydrogens is 454 g/mol. The molecule has 170 valence electrons. The standard InChI is InChI=1S/C21H23N3O6S2/c1-16-4-10-20(11-5-16)32(27,28)30-15-18-12-13-22-21(23-18)24(31(3,25)26)14-17-6-8-19(29-2)9-7-17/h4-13H,14-15H2,1-3H3. The number of anilines is 1. The van der Waals surface area contributed by atoms with Gasteiger partial charge < -0.3 is 4.74 Å². The normalized spacial score (nSPS) is 11.8. The molecule has 1 heterocycles. The number of hydrogen-bond donors (Lipinski definition) is 0. The molecule has 0 radical (unpaired) electrons. The Balaban J connectivity index is 1.80. The molecule has 0 bridgehead atoms. The Morgan fingerprint density at radius 2 is 1.59 bits per heavy atom. The predicted molar refractivity (Wildman–Crippen MR) is 119 cm³/mol. The van der Waals surface area contributed by atoms with Gasteiger partial charge in [-0.25, -0.2) is 22.7 Å². The summed E-state index contributed by atoms with van der Waals surface area (Å²) in [5, 5.41) is 0. The average molecular weight is 478 g/mol. The lowest BCUT2D eigenvalue weighted by atomic mass is 10.2. The van der Waals surface area contributed by atoms with Crippen molar-refractivity contribution in [3.63, 3.8) is 0 Å². The third-order valence-corrected chi connectivity index (χ3v) is 6.85. The topological polar surface area (TPSA) is 116 Å². The van der Waals surface area contributed by atoms with Crippen LogP contribution in [0.5, 0.6) is 5.75 Å². The number of rotatable bonds is 9. The summed E-state index contributed by atoms with van der Waals surface area (Å²) in [4.78, 5) is 8.28. The van der Waals surface area contributed by atoms with E-state index in [-0.39, 0.29) is 29.7 Å². The molecule has 2 aromatic carbocycles. The Hall–Kier alpha value is -3.02. The first-order valence-electron chi connectivity index (χ1n) is 9.47. The number of sulfonamides is 1. The van der Waals surface area contributed by atoms with Crippen LogP contribution in [0, 0.1) is 6.92 Å². The van der Waals surface area contributed by atoms with Crippen LogP contribution in [0.2, 0.25) is 0 Å². The molecule has 0 fully saturated rings. The van der Waals surface area contributed by atoms with E-state index in [1.807, 2.05) is 6.92 Å². The molecule has 9 nitrogen and oxygen atoms in total. The quantitative estimate of drug-likeness (QED) is 0.432. The van der Waals surface area contributed by atoms with Gasteiger partial charge in [-0.15, -0.1) is 0 Å². The molecule has 3 rings (SSSR count). The average Bonchev–Trinajstić information content (AvgIpc) is 2.76. The van der Waals surface area contributed by atoms with Crippen molar-refractivity contribution in [1.29, 1.82) is 0 Å². The van der Waals surface area contributed by atoms with Gasteiger partial charge in [0.15, 0.2) is 0 Å². The predicted octanol–water partition coefficient (Wildman–Crippen LogP) is 2.67. The minimum absolute atomic E-state index is 0.00516. The molecule has 0 aliphatic carbocycles. The number of ether oxygens (including phenoxy) is 1. The van der Waals surface area contributed by atoms with E-state index in [1.165, 1.54) is 31.5 Å². The fourth-order valence-electron chi connectivity index (χ4n) is 2.73. The van der Waals surface area contributed by atoms with E-state index in [1.54, 1.807) is 36.4 Å². The summed E-state index contributed by atoms with van der Waals surface area (Å²) >= 11 is 0. The molecule has 0 spiro atoms. The number of aryl methyl sites for hydroxylation is 1. The lowest BCUT2D eigenvalue weighted by molar-refractivity contribution is 0.303. The SMILES string of the molecule is COc1ccc(CN(c2nccc(COS(=O)(=O)c3ccc(C)cc3)n2)S(C)(=O)=O)cc1. The van der Waals surface area contributed by atoms with Crippen LogP contribution in [0.15, 0.2) is 65.7 Å². The maximum absolute atomic E-state index is 12.4. The molecule has 0 aliphatic rings. The van der Waals surface area contributed by atoms with Crippen LogP contribution in [0.4, 0.5) is 5.95 Å². The summed E-state index contributed by atoms with van der Waals surface area (Å²) in [5.74, 6) is 0.557. The Bertz CT molecular complexity index is 1280. The van der Waals surface area contributed by atoms with Crippen LogP contribution in [-0.4, -0.2) is 40.2 Å². The van der Waals surface area contributed by atoms with Gasteiger partial charge in [-0.05, 0) is 42.8 Å². The maximum Gasteiger partial charge on any atom is 0.297 e. The van der Waals surface area contributed by atoms with E-state index in [0.29, 0.717) is 11.3 Å². The fraction of sp³-hybridized carbons (Fsp3) is 0.238. The van der Waals surface area contributed by atoms with Gasteiger partial charge in [0.25, 0.3) is 10.1 Å². The molecular formula is C21H23N3O6S2. The van der Waals surface area contributed by atoms with Crippen molar-refractivity contribution in [2.24, 2.45) is 0 Å². The van der Waals surface area contributed by atoms with Gasteiger partial charge in [-0.1, -0.05) is 29.8 Å². The fourth-order valence-corrected chi connectivity index (χ4v) is 4.38. The number of methoxy groups -OCH3 is 1. The van der Waals surface area contributed by atoms with E-state index in [2.05, 4.69) is 9.97 Å². The molecule has 0 aliphatic heterocycles. The monoisotopic (exact) mass is 477 g/mol. The van der Waals surface area contributed by atoms with E-state index in [0.717, 1.165) is 16.1 Å². The Morgan fingerprint density at radius 1 is 0.938 bits per heavy atom. The van der Waals surface area contributed by atoms with Gasteiger partial charge in [-0.3, -0.25) is 4.18 Å². The van der Waals surface area contributed by atoms with Gasteiger partial charge in [0.05, 0.1) is 30.5 Å². The van der Waals surface area contributed by atoms with Crippen molar-refractivity contribution in [2.45, 2.75) is 25.0 Å². The third-order valence-electron chi connectivity index (χ3n) is 4.48. The molecule has 1 aromatic heterocycles. The van der Waals surface area contributed by atoms with E-state index < -0.39 is 20.1 Å². The zero-order chi connectivity index (χ0) is 23.4. The van der Waals surface area contributed by atoms with Crippen molar-refractivity contribution >= 4 is 26.1 Å². The second kappa shape index (κ2) is 9.63. The Labute approximate surface area is 187 Å². The maximum atomic E-state index is 12.4. The third kappa shape index (κ3) is 6.02.